The van der Waals surface area contributed by atoms with E-state index in [0.29, 0.717) is 6.04 Å². The third kappa shape index (κ3) is 5.79. The average Bonchev–Trinajstić information content (AvgIpc) is 2.54. The number of methoxy groups -OCH3 is 1. The molecule has 0 aliphatic carbocycles. The van der Waals surface area contributed by atoms with Gasteiger partial charge >= 0.3 is 0 Å². The minimum atomic E-state index is 0. The molecule has 0 aromatic heterocycles. The summed E-state index contributed by atoms with van der Waals surface area (Å²) in [4.78, 5) is 2.49. The van der Waals surface area contributed by atoms with Crippen LogP contribution in [0.25, 0.3) is 0 Å². The van der Waals surface area contributed by atoms with Crippen molar-refractivity contribution in [3.63, 3.8) is 0 Å². The first-order valence-corrected chi connectivity index (χ1v) is 8.23. The zero-order chi connectivity index (χ0) is 15.1. The van der Waals surface area contributed by atoms with Crippen LogP contribution in [0.5, 0.6) is 5.75 Å². The number of rotatable bonds is 7. The highest BCUT2D eigenvalue weighted by atomic mass is 35.5. The van der Waals surface area contributed by atoms with Gasteiger partial charge in [-0.05, 0) is 76.8 Å². The van der Waals surface area contributed by atoms with Crippen LogP contribution in [-0.2, 0) is 6.42 Å². The van der Waals surface area contributed by atoms with E-state index >= 15 is 0 Å². The van der Waals surface area contributed by atoms with Crippen LogP contribution in [0.15, 0.2) is 24.3 Å². The summed E-state index contributed by atoms with van der Waals surface area (Å²) in [5.74, 6) is 1.92. The first-order chi connectivity index (χ1) is 10.2. The number of hydrogen-bond acceptors (Lipinski definition) is 3. The first kappa shape index (κ1) is 19.3. The molecule has 0 amide bonds. The van der Waals surface area contributed by atoms with Gasteiger partial charge < -0.3 is 15.0 Å². The van der Waals surface area contributed by atoms with Gasteiger partial charge in [-0.15, -0.1) is 12.4 Å². The van der Waals surface area contributed by atoms with Gasteiger partial charge in [0.15, 0.2) is 0 Å². The predicted octanol–water partition coefficient (Wildman–Crippen LogP) is 3.37. The molecule has 0 saturated carbocycles. The van der Waals surface area contributed by atoms with Crippen molar-refractivity contribution in [3.05, 3.63) is 29.8 Å². The van der Waals surface area contributed by atoms with Gasteiger partial charge in [0.25, 0.3) is 0 Å². The van der Waals surface area contributed by atoms with Crippen molar-refractivity contribution < 1.29 is 4.74 Å². The topological polar surface area (TPSA) is 24.5 Å². The maximum Gasteiger partial charge on any atom is 0.122 e. The first-order valence-electron chi connectivity index (χ1n) is 8.23. The summed E-state index contributed by atoms with van der Waals surface area (Å²) >= 11 is 0. The van der Waals surface area contributed by atoms with Crippen LogP contribution in [-0.4, -0.2) is 44.7 Å². The number of hydrogen-bond donors (Lipinski definition) is 1. The molecule has 1 N–H and O–H groups in total. The van der Waals surface area contributed by atoms with Crippen molar-refractivity contribution in [1.82, 2.24) is 10.2 Å². The number of benzene rings is 1. The zero-order valence-electron chi connectivity index (χ0n) is 14.2. The summed E-state index contributed by atoms with van der Waals surface area (Å²) in [7, 11) is 4.01. The standard InChI is InChI=1S/C18H30N2O.ClH/c1-15(14-17-6-4-5-7-18(17)21-3)20(2)13-10-16-8-11-19-12-9-16;/h4-7,15-16,19H,8-14H2,1-3H3;1H. The van der Waals surface area contributed by atoms with E-state index in [1.54, 1.807) is 7.11 Å². The van der Waals surface area contributed by atoms with Gasteiger partial charge in [-0.1, -0.05) is 18.2 Å². The molecule has 1 aliphatic rings. The molecular formula is C18H31ClN2O. The molecule has 126 valence electrons. The van der Waals surface area contributed by atoms with Crippen molar-refractivity contribution in [2.45, 2.75) is 38.6 Å². The van der Waals surface area contributed by atoms with Gasteiger partial charge in [0, 0.05) is 6.04 Å². The van der Waals surface area contributed by atoms with E-state index < -0.39 is 0 Å². The fourth-order valence-corrected chi connectivity index (χ4v) is 3.12. The number of ether oxygens (including phenoxy) is 1. The number of likely N-dealkylation sites (N-methyl/N-ethyl adjacent to an activating group) is 1. The molecule has 1 heterocycles. The van der Waals surface area contributed by atoms with Crippen molar-refractivity contribution in [2.75, 3.05) is 33.8 Å². The molecule has 1 unspecified atom stereocenters. The Balaban J connectivity index is 0.00000242. The van der Waals surface area contributed by atoms with Crippen LogP contribution < -0.4 is 10.1 Å². The lowest BCUT2D eigenvalue weighted by Crippen LogP contribution is -2.34. The number of piperidine rings is 1. The molecule has 1 aromatic rings. The lowest BCUT2D eigenvalue weighted by molar-refractivity contribution is 0.222. The second-order valence-electron chi connectivity index (χ2n) is 6.33. The molecule has 1 aliphatic heterocycles. The summed E-state index contributed by atoms with van der Waals surface area (Å²) < 4.78 is 5.46. The zero-order valence-corrected chi connectivity index (χ0v) is 15.0. The smallest absolute Gasteiger partial charge is 0.122 e. The third-order valence-corrected chi connectivity index (χ3v) is 4.81. The Labute approximate surface area is 141 Å². The van der Waals surface area contributed by atoms with Gasteiger partial charge in [-0.25, -0.2) is 0 Å². The highest BCUT2D eigenvalue weighted by molar-refractivity contribution is 5.85. The Bertz CT molecular complexity index is 421. The molecule has 4 heteroatoms. The minimum Gasteiger partial charge on any atom is -0.496 e. The van der Waals surface area contributed by atoms with E-state index in [1.807, 2.05) is 6.07 Å². The van der Waals surface area contributed by atoms with Gasteiger partial charge in [0.1, 0.15) is 5.75 Å². The van der Waals surface area contributed by atoms with Crippen molar-refractivity contribution in [2.24, 2.45) is 5.92 Å². The maximum absolute atomic E-state index is 5.46. The molecule has 1 fully saturated rings. The lowest BCUT2D eigenvalue weighted by atomic mass is 9.94. The van der Waals surface area contributed by atoms with Gasteiger partial charge in [-0.2, -0.15) is 0 Å². The van der Waals surface area contributed by atoms with Crippen molar-refractivity contribution in [3.8, 4) is 5.75 Å². The van der Waals surface area contributed by atoms with E-state index in [-0.39, 0.29) is 12.4 Å². The summed E-state index contributed by atoms with van der Waals surface area (Å²) in [6, 6.07) is 8.91. The molecule has 0 bridgehead atoms. The van der Waals surface area contributed by atoms with Crippen molar-refractivity contribution >= 4 is 12.4 Å². The van der Waals surface area contributed by atoms with E-state index in [4.69, 9.17) is 4.74 Å². The predicted molar refractivity (Wildman–Crippen MR) is 96.2 cm³/mol. The number of para-hydroxylation sites is 1. The number of halogens is 1. The van der Waals surface area contributed by atoms with Crippen LogP contribution in [0.2, 0.25) is 0 Å². The summed E-state index contributed by atoms with van der Waals surface area (Å²) in [6.45, 7) is 5.91. The summed E-state index contributed by atoms with van der Waals surface area (Å²) in [6.07, 6.45) is 5.06. The molecule has 0 radical (unpaired) electrons. The van der Waals surface area contributed by atoms with Crippen LogP contribution >= 0.6 is 12.4 Å². The quantitative estimate of drug-likeness (QED) is 0.831. The Morgan fingerprint density at radius 3 is 2.64 bits per heavy atom. The van der Waals surface area contributed by atoms with E-state index in [9.17, 15) is 0 Å². The third-order valence-electron chi connectivity index (χ3n) is 4.81. The van der Waals surface area contributed by atoms with E-state index in [0.717, 1.165) is 18.1 Å². The molecule has 1 atom stereocenters. The fraction of sp³-hybridized carbons (Fsp3) is 0.667. The Hall–Kier alpha value is -0.770. The van der Waals surface area contributed by atoms with Crippen molar-refractivity contribution in [1.29, 1.82) is 0 Å². The molecule has 0 spiro atoms. The lowest BCUT2D eigenvalue weighted by Gasteiger charge is -2.29. The second kappa shape index (κ2) is 10.1. The van der Waals surface area contributed by atoms with E-state index in [1.165, 1.54) is 44.5 Å². The SMILES string of the molecule is COc1ccccc1CC(C)N(C)CCC1CCNCC1.Cl. The van der Waals surface area contributed by atoms with Crippen LogP contribution in [0, 0.1) is 5.92 Å². The summed E-state index contributed by atoms with van der Waals surface area (Å²) in [5.41, 5.74) is 1.31. The summed E-state index contributed by atoms with van der Waals surface area (Å²) in [5, 5.41) is 3.44. The second-order valence-corrected chi connectivity index (χ2v) is 6.33. The largest absolute Gasteiger partial charge is 0.496 e. The minimum absolute atomic E-state index is 0. The number of nitrogens with one attached hydrogen (secondary N) is 1. The molecule has 1 saturated heterocycles. The molecule has 3 nitrogen and oxygen atoms in total. The highest BCUT2D eigenvalue weighted by Crippen LogP contribution is 2.21. The molecule has 22 heavy (non-hydrogen) atoms. The van der Waals surface area contributed by atoms with Crippen LogP contribution in [0.3, 0.4) is 0 Å². The van der Waals surface area contributed by atoms with Gasteiger partial charge in [0.05, 0.1) is 7.11 Å². The average molecular weight is 327 g/mol. The van der Waals surface area contributed by atoms with Gasteiger partial charge in [-0.3, -0.25) is 0 Å². The molecule has 1 aromatic carbocycles. The van der Waals surface area contributed by atoms with Gasteiger partial charge in [0.2, 0.25) is 0 Å². The fourth-order valence-electron chi connectivity index (χ4n) is 3.12. The number of nitrogens with zero attached hydrogens (tertiary/aromatic N) is 1. The highest BCUT2D eigenvalue weighted by Gasteiger charge is 2.16. The van der Waals surface area contributed by atoms with E-state index in [2.05, 4.69) is 42.4 Å². The van der Waals surface area contributed by atoms with Crippen LogP contribution in [0.1, 0.15) is 31.7 Å². The Kier molecular flexibility index (Phi) is 8.84. The monoisotopic (exact) mass is 326 g/mol. The Morgan fingerprint density at radius 1 is 1.27 bits per heavy atom. The van der Waals surface area contributed by atoms with Crippen LogP contribution in [0.4, 0.5) is 0 Å². The Morgan fingerprint density at radius 2 is 1.95 bits per heavy atom. The maximum atomic E-state index is 5.46. The molecular weight excluding hydrogens is 296 g/mol. The molecule has 2 rings (SSSR count). The normalized spacial score (nSPS) is 17.1.